The first-order valence-corrected chi connectivity index (χ1v) is 14.2. The smallest absolute Gasteiger partial charge is 0.241 e. The molecule has 1 aromatic rings. The Morgan fingerprint density at radius 3 is 2.81 bits per heavy atom. The van der Waals surface area contributed by atoms with Gasteiger partial charge in [-0.1, -0.05) is 38.8 Å². The predicted molar refractivity (Wildman–Crippen MR) is 139 cm³/mol. The molecule has 2 N–H and O–H groups in total. The van der Waals surface area contributed by atoms with Crippen molar-refractivity contribution >= 4 is 15.9 Å². The molecule has 0 bridgehead atoms. The molecular formula is C27H39N3O5S. The molecule has 2 aliphatic rings. The Bertz CT molecular complexity index is 1080. The highest BCUT2D eigenvalue weighted by Crippen LogP contribution is 2.36. The fraction of sp³-hybridized carbons (Fsp3) is 0.630. The van der Waals surface area contributed by atoms with E-state index in [2.05, 4.69) is 36.0 Å². The van der Waals surface area contributed by atoms with Crippen LogP contribution in [0.15, 0.2) is 35.5 Å². The summed E-state index contributed by atoms with van der Waals surface area (Å²) in [5.74, 6) is 6.65. The second-order valence-electron chi connectivity index (χ2n) is 10.3. The number of rotatable bonds is 7. The lowest BCUT2D eigenvalue weighted by molar-refractivity contribution is -0.121. The highest BCUT2D eigenvalue weighted by atomic mass is 32.2. The van der Waals surface area contributed by atoms with Crippen LogP contribution in [0.4, 0.5) is 0 Å². The van der Waals surface area contributed by atoms with Crippen LogP contribution in [0.25, 0.3) is 0 Å². The van der Waals surface area contributed by atoms with Crippen LogP contribution in [0.3, 0.4) is 0 Å². The zero-order valence-electron chi connectivity index (χ0n) is 21.7. The van der Waals surface area contributed by atoms with Gasteiger partial charge in [0.2, 0.25) is 15.9 Å². The number of hydrogen-bond acceptors (Lipinski definition) is 6. The van der Waals surface area contributed by atoms with E-state index in [-0.39, 0.29) is 48.8 Å². The van der Waals surface area contributed by atoms with Crippen LogP contribution in [0.1, 0.15) is 52.5 Å². The molecule has 2 heterocycles. The fourth-order valence-electron chi connectivity index (χ4n) is 4.48. The maximum Gasteiger partial charge on any atom is 0.241 e. The molecule has 36 heavy (non-hydrogen) atoms. The molecule has 3 rings (SSSR count). The van der Waals surface area contributed by atoms with Crippen LogP contribution < -0.4 is 5.32 Å². The number of allylic oxidation sites excluding steroid dienone is 1. The number of ether oxygens (including phenoxy) is 1. The number of amides is 1. The van der Waals surface area contributed by atoms with Crippen molar-refractivity contribution in [3.63, 3.8) is 0 Å². The minimum absolute atomic E-state index is 0.00645. The van der Waals surface area contributed by atoms with Gasteiger partial charge in [-0.05, 0) is 43.2 Å². The maximum atomic E-state index is 13.6. The molecule has 1 saturated heterocycles. The summed E-state index contributed by atoms with van der Waals surface area (Å²) >= 11 is 0. The van der Waals surface area contributed by atoms with E-state index < -0.39 is 28.3 Å². The Hall–Kier alpha value is -2.25. The van der Waals surface area contributed by atoms with E-state index in [1.54, 1.807) is 31.5 Å². The first kappa shape index (κ1) is 28.3. The van der Waals surface area contributed by atoms with Gasteiger partial charge in [0, 0.05) is 43.9 Å². The van der Waals surface area contributed by atoms with E-state index in [1.807, 2.05) is 13.0 Å². The Balaban J connectivity index is 1.81. The summed E-state index contributed by atoms with van der Waals surface area (Å²) < 4.78 is 35.0. The van der Waals surface area contributed by atoms with Crippen molar-refractivity contribution in [1.29, 1.82) is 0 Å². The van der Waals surface area contributed by atoms with Crippen LogP contribution in [0.2, 0.25) is 0 Å². The monoisotopic (exact) mass is 517 g/mol. The van der Waals surface area contributed by atoms with Crippen molar-refractivity contribution in [1.82, 2.24) is 14.6 Å². The van der Waals surface area contributed by atoms with E-state index in [0.717, 1.165) is 12.0 Å². The molecule has 5 unspecified atom stereocenters. The Morgan fingerprint density at radius 1 is 1.36 bits per heavy atom. The van der Waals surface area contributed by atoms with E-state index in [9.17, 15) is 18.3 Å². The zero-order valence-corrected chi connectivity index (χ0v) is 22.5. The van der Waals surface area contributed by atoms with Gasteiger partial charge in [-0.25, -0.2) is 8.42 Å². The summed E-state index contributed by atoms with van der Waals surface area (Å²) in [6.07, 6.45) is 6.03. The molecule has 8 nitrogen and oxygen atoms in total. The van der Waals surface area contributed by atoms with E-state index in [4.69, 9.17) is 4.74 Å². The van der Waals surface area contributed by atoms with Gasteiger partial charge in [-0.3, -0.25) is 9.78 Å². The van der Waals surface area contributed by atoms with Crippen LogP contribution in [-0.2, 0) is 26.0 Å². The van der Waals surface area contributed by atoms with Crippen molar-refractivity contribution in [3.05, 3.63) is 41.1 Å². The van der Waals surface area contributed by atoms with Crippen LogP contribution in [0, 0.1) is 29.6 Å². The van der Waals surface area contributed by atoms with Gasteiger partial charge in [0.05, 0.1) is 30.1 Å². The topological polar surface area (TPSA) is 109 Å². The van der Waals surface area contributed by atoms with Gasteiger partial charge in [0.15, 0.2) is 0 Å². The second-order valence-corrected chi connectivity index (χ2v) is 12.2. The molecule has 9 heteroatoms. The van der Waals surface area contributed by atoms with Crippen molar-refractivity contribution in [2.24, 2.45) is 17.8 Å². The maximum absolute atomic E-state index is 13.6. The summed E-state index contributed by atoms with van der Waals surface area (Å²) in [7, 11) is -3.81. The van der Waals surface area contributed by atoms with Gasteiger partial charge in [-0.15, -0.1) is 5.92 Å². The number of carbonyl (C=O) groups is 1. The lowest BCUT2D eigenvalue weighted by Crippen LogP contribution is -2.52. The number of pyridine rings is 1. The molecule has 1 aliphatic heterocycles. The van der Waals surface area contributed by atoms with E-state index in [0.29, 0.717) is 18.8 Å². The van der Waals surface area contributed by atoms with Crippen molar-refractivity contribution in [3.8, 4) is 11.8 Å². The number of carbonyl (C=O) groups excluding carboxylic acids is 1. The van der Waals surface area contributed by atoms with Crippen LogP contribution in [-0.4, -0.2) is 66.7 Å². The Morgan fingerprint density at radius 2 is 2.14 bits per heavy atom. The average Bonchev–Trinajstić information content (AvgIpc) is 2.84. The lowest BCUT2D eigenvalue weighted by atomic mass is 9.91. The Kier molecular flexibility index (Phi) is 10.1. The molecule has 0 radical (unpaired) electrons. The van der Waals surface area contributed by atoms with Crippen LogP contribution in [0.5, 0.6) is 0 Å². The minimum Gasteiger partial charge on any atom is -0.395 e. The van der Waals surface area contributed by atoms with Crippen LogP contribution >= 0.6 is 0 Å². The number of aliphatic hydroxyl groups excluding tert-OH is 1. The normalized spacial score (nSPS) is 27.0. The quantitative estimate of drug-likeness (QED) is 0.538. The molecule has 1 amide bonds. The molecule has 1 fully saturated rings. The third-order valence-electron chi connectivity index (χ3n) is 6.63. The van der Waals surface area contributed by atoms with Crippen molar-refractivity contribution in [2.75, 3.05) is 19.7 Å². The third kappa shape index (κ3) is 7.39. The first-order valence-electron chi connectivity index (χ1n) is 12.7. The number of nitrogens with one attached hydrogen (secondary N) is 1. The largest absolute Gasteiger partial charge is 0.395 e. The molecule has 0 aromatic carbocycles. The van der Waals surface area contributed by atoms with E-state index >= 15 is 0 Å². The van der Waals surface area contributed by atoms with Gasteiger partial charge in [0.25, 0.3) is 0 Å². The first-order chi connectivity index (χ1) is 17.1. The predicted octanol–water partition coefficient (Wildman–Crippen LogP) is 2.50. The molecular weight excluding hydrogens is 478 g/mol. The lowest BCUT2D eigenvalue weighted by Gasteiger charge is -2.41. The molecule has 1 aliphatic carbocycles. The summed E-state index contributed by atoms with van der Waals surface area (Å²) in [5, 5.41) is 12.7. The third-order valence-corrected chi connectivity index (χ3v) is 8.78. The van der Waals surface area contributed by atoms with Crippen molar-refractivity contribution < 1.29 is 23.1 Å². The number of sulfonamides is 1. The number of aliphatic hydroxyl groups is 1. The van der Waals surface area contributed by atoms with Gasteiger partial charge in [0.1, 0.15) is 0 Å². The SMILES string of the molecule is CC(C)CC#CC1CC=C2C(C1)OC(CNC(=O)Cc1cccnc1)C(C)CN(C(C)CO)S2(=O)=O. The highest BCUT2D eigenvalue weighted by Gasteiger charge is 2.43. The highest BCUT2D eigenvalue weighted by molar-refractivity contribution is 7.93. The summed E-state index contributed by atoms with van der Waals surface area (Å²) in [6.45, 7) is 8.02. The zero-order chi connectivity index (χ0) is 26.3. The molecule has 0 saturated carbocycles. The molecule has 1 aromatic heterocycles. The molecule has 5 atom stereocenters. The summed E-state index contributed by atoms with van der Waals surface area (Å²) in [5.41, 5.74) is 0.816. The van der Waals surface area contributed by atoms with Gasteiger partial charge in [-0.2, -0.15) is 4.31 Å². The average molecular weight is 518 g/mol. The molecule has 0 spiro atoms. The number of nitrogens with zero attached hydrogens (tertiary/aromatic N) is 2. The fourth-order valence-corrected chi connectivity index (χ4v) is 6.52. The van der Waals surface area contributed by atoms with Crippen molar-refractivity contribution in [2.45, 2.75) is 71.6 Å². The number of hydrogen-bond donors (Lipinski definition) is 2. The number of fused-ring (bicyclic) bond motifs is 1. The summed E-state index contributed by atoms with van der Waals surface area (Å²) in [4.78, 5) is 16.9. The number of aromatic nitrogens is 1. The van der Waals surface area contributed by atoms with Gasteiger partial charge < -0.3 is 15.2 Å². The standard InChI is InChI=1S/C27H39N3O5S/c1-19(2)7-5-8-22-10-11-26-24(13-22)35-25(16-29-27(32)14-23-9-6-12-28-15-23)20(3)17-30(21(4)18-31)36(26,33)34/h6,9,11-12,15,19-22,24-25,31H,7,10,13-14,16-18H2,1-4H3,(H,29,32). The second kappa shape index (κ2) is 12.8. The summed E-state index contributed by atoms with van der Waals surface area (Å²) in [6, 6.07) is 3.07. The Labute approximate surface area is 215 Å². The minimum atomic E-state index is -3.81. The molecule has 198 valence electrons. The van der Waals surface area contributed by atoms with E-state index in [1.165, 1.54) is 4.31 Å². The van der Waals surface area contributed by atoms with Gasteiger partial charge >= 0.3 is 0 Å².